The summed E-state index contributed by atoms with van der Waals surface area (Å²) < 4.78 is 12.2. The van der Waals surface area contributed by atoms with Crippen LogP contribution < -0.4 is 10.6 Å². The molecule has 0 unspecified atom stereocenters. The molecule has 0 fully saturated rings. The lowest BCUT2D eigenvalue weighted by molar-refractivity contribution is 0.0924. The second kappa shape index (κ2) is 9.38. The number of nitrogens with one attached hydrogen (secondary N) is 2. The lowest BCUT2D eigenvalue weighted by Crippen LogP contribution is -2.27. The van der Waals surface area contributed by atoms with E-state index in [1.807, 2.05) is 13.2 Å². The highest BCUT2D eigenvalue weighted by Gasteiger charge is 2.13. The van der Waals surface area contributed by atoms with Crippen LogP contribution in [0.3, 0.4) is 0 Å². The highest BCUT2D eigenvalue weighted by molar-refractivity contribution is 7.98. The van der Waals surface area contributed by atoms with E-state index < -0.39 is 0 Å². The molecule has 1 amide bonds. The van der Waals surface area contributed by atoms with Gasteiger partial charge in [0.15, 0.2) is 16.6 Å². The smallest absolute Gasteiger partial charge is 0.287 e. The van der Waals surface area contributed by atoms with Gasteiger partial charge < -0.3 is 19.8 Å². The van der Waals surface area contributed by atoms with Gasteiger partial charge in [0.2, 0.25) is 0 Å². The van der Waals surface area contributed by atoms with Gasteiger partial charge in [-0.05, 0) is 25.3 Å². The van der Waals surface area contributed by atoms with Crippen LogP contribution in [-0.4, -0.2) is 58.2 Å². The molecule has 3 heterocycles. The normalized spacial score (nSPS) is 11.0. The second-order valence-corrected chi connectivity index (χ2v) is 6.29. The van der Waals surface area contributed by atoms with Crippen molar-refractivity contribution < 1.29 is 13.9 Å². The molecule has 0 spiro atoms. The fourth-order valence-electron chi connectivity index (χ4n) is 2.48. The van der Waals surface area contributed by atoms with Crippen LogP contribution in [0.25, 0.3) is 11.0 Å². The topological polar surface area (TPSA) is 107 Å². The molecule has 0 aromatic carbocycles. The fourth-order valence-corrected chi connectivity index (χ4v) is 2.84. The Balaban J connectivity index is 1.69. The van der Waals surface area contributed by atoms with Crippen molar-refractivity contribution in [2.24, 2.45) is 0 Å². The predicted octanol–water partition coefficient (Wildman–Crippen LogP) is 2.02. The Morgan fingerprint density at radius 2 is 2.26 bits per heavy atom. The molecule has 0 bridgehead atoms. The average Bonchev–Trinajstić information content (AvgIpc) is 3.35. The molecule has 9 nitrogen and oxygen atoms in total. The maximum absolute atomic E-state index is 11.9. The Morgan fingerprint density at radius 1 is 1.37 bits per heavy atom. The number of carbonyl (C=O) groups is 1. The predicted molar refractivity (Wildman–Crippen MR) is 103 cm³/mol. The minimum atomic E-state index is -0.255. The number of nitrogens with zero attached hydrogens (tertiary/aromatic N) is 4. The molecule has 0 aliphatic heterocycles. The Morgan fingerprint density at radius 3 is 3.00 bits per heavy atom. The van der Waals surface area contributed by atoms with Crippen molar-refractivity contribution in [2.75, 3.05) is 37.9 Å². The summed E-state index contributed by atoms with van der Waals surface area (Å²) in [6.45, 7) is 4.78. The van der Waals surface area contributed by atoms with E-state index in [2.05, 4.69) is 25.7 Å². The minimum Gasteiger partial charge on any atom is -0.459 e. The quantitative estimate of drug-likeness (QED) is 0.308. The van der Waals surface area contributed by atoms with Crippen LogP contribution in [0.15, 0.2) is 34.2 Å². The van der Waals surface area contributed by atoms with Gasteiger partial charge in [0.25, 0.3) is 5.91 Å². The van der Waals surface area contributed by atoms with Crippen molar-refractivity contribution in [2.45, 2.75) is 18.6 Å². The van der Waals surface area contributed by atoms with Gasteiger partial charge in [-0.2, -0.15) is 5.10 Å². The first-order valence-electron chi connectivity index (χ1n) is 8.63. The summed E-state index contributed by atoms with van der Waals surface area (Å²) in [7, 11) is 0. The molecule has 3 aromatic heterocycles. The lowest BCUT2D eigenvalue weighted by atomic mass is 10.4. The summed E-state index contributed by atoms with van der Waals surface area (Å²) >= 11 is 1.46. The number of fused-ring (bicyclic) bond motifs is 1. The molecular weight excluding hydrogens is 368 g/mol. The van der Waals surface area contributed by atoms with Crippen LogP contribution in [0.4, 0.5) is 5.82 Å². The Labute approximate surface area is 160 Å². The zero-order valence-electron chi connectivity index (χ0n) is 15.3. The molecular formula is C17H22N6O3S. The number of anilines is 1. The van der Waals surface area contributed by atoms with E-state index in [-0.39, 0.29) is 11.7 Å². The van der Waals surface area contributed by atoms with Crippen LogP contribution in [0.5, 0.6) is 0 Å². The van der Waals surface area contributed by atoms with Crippen LogP contribution >= 0.6 is 11.8 Å². The molecule has 0 radical (unpaired) electrons. The molecule has 0 aliphatic carbocycles. The molecule has 0 saturated heterocycles. The minimum absolute atomic E-state index is 0.255. The van der Waals surface area contributed by atoms with Gasteiger partial charge >= 0.3 is 0 Å². The third-order valence-electron chi connectivity index (χ3n) is 3.76. The average molecular weight is 390 g/mol. The first-order chi connectivity index (χ1) is 13.2. The summed E-state index contributed by atoms with van der Waals surface area (Å²) in [4.78, 5) is 21.0. The first kappa shape index (κ1) is 19.2. The Bertz CT molecular complexity index is 880. The van der Waals surface area contributed by atoms with Crippen LogP contribution in [0.2, 0.25) is 0 Å². The van der Waals surface area contributed by atoms with Gasteiger partial charge in [0, 0.05) is 19.7 Å². The Hall–Kier alpha value is -2.59. The number of amides is 1. The summed E-state index contributed by atoms with van der Waals surface area (Å²) in [5.74, 6) is 0.761. The number of furan rings is 1. The van der Waals surface area contributed by atoms with Crippen molar-refractivity contribution >= 4 is 34.5 Å². The van der Waals surface area contributed by atoms with Crippen LogP contribution in [-0.2, 0) is 11.3 Å². The maximum atomic E-state index is 11.9. The molecule has 3 rings (SSSR count). The highest BCUT2D eigenvalue weighted by atomic mass is 32.2. The molecule has 10 heteroatoms. The van der Waals surface area contributed by atoms with E-state index in [9.17, 15) is 4.79 Å². The number of aromatic nitrogens is 4. The van der Waals surface area contributed by atoms with Crippen LogP contribution in [0, 0.1) is 0 Å². The molecule has 2 N–H and O–H groups in total. The van der Waals surface area contributed by atoms with Crippen molar-refractivity contribution in [3.63, 3.8) is 0 Å². The number of carbonyl (C=O) groups excluding carboxylic acids is 1. The van der Waals surface area contributed by atoms with Gasteiger partial charge in [-0.1, -0.05) is 11.8 Å². The zero-order valence-corrected chi connectivity index (χ0v) is 16.1. The second-order valence-electron chi connectivity index (χ2n) is 5.52. The largest absolute Gasteiger partial charge is 0.459 e. The van der Waals surface area contributed by atoms with Crippen LogP contribution in [0.1, 0.15) is 17.5 Å². The molecule has 0 saturated carbocycles. The van der Waals surface area contributed by atoms with Crippen molar-refractivity contribution in [3.05, 3.63) is 30.4 Å². The van der Waals surface area contributed by atoms with E-state index in [0.29, 0.717) is 38.0 Å². The molecule has 144 valence electrons. The summed E-state index contributed by atoms with van der Waals surface area (Å²) in [6, 6.07) is 3.30. The third kappa shape index (κ3) is 4.77. The summed E-state index contributed by atoms with van der Waals surface area (Å²) in [6.07, 6.45) is 5.13. The zero-order chi connectivity index (χ0) is 19.1. The van der Waals surface area contributed by atoms with Gasteiger partial charge in [-0.25, -0.2) is 14.6 Å². The number of thioether (sulfide) groups is 1. The summed E-state index contributed by atoms with van der Waals surface area (Å²) in [5, 5.41) is 12.0. The number of rotatable bonds is 10. The van der Waals surface area contributed by atoms with E-state index in [4.69, 9.17) is 9.15 Å². The van der Waals surface area contributed by atoms with Gasteiger partial charge in [0.05, 0.1) is 31.0 Å². The molecule has 0 aliphatic rings. The van der Waals surface area contributed by atoms with E-state index in [0.717, 1.165) is 16.9 Å². The third-order valence-corrected chi connectivity index (χ3v) is 4.30. The maximum Gasteiger partial charge on any atom is 0.287 e. The van der Waals surface area contributed by atoms with Gasteiger partial charge in [-0.15, -0.1) is 0 Å². The van der Waals surface area contributed by atoms with Gasteiger partial charge in [-0.3, -0.25) is 4.79 Å². The molecule has 27 heavy (non-hydrogen) atoms. The summed E-state index contributed by atoms with van der Waals surface area (Å²) in [5.41, 5.74) is 0.723. The van der Waals surface area contributed by atoms with E-state index in [1.165, 1.54) is 18.0 Å². The SMILES string of the molecule is CCOCCNc1nc(SC)nc2c1cnn2CCNC(=O)c1ccco1. The molecule has 3 aromatic rings. The fraction of sp³-hybridized carbons (Fsp3) is 0.412. The first-order valence-corrected chi connectivity index (χ1v) is 9.86. The van der Waals surface area contributed by atoms with Crippen molar-refractivity contribution in [1.82, 2.24) is 25.1 Å². The van der Waals surface area contributed by atoms with E-state index >= 15 is 0 Å². The Kier molecular flexibility index (Phi) is 6.66. The number of hydrogen-bond donors (Lipinski definition) is 2. The standard InChI is InChI=1S/C17H22N6O3S/c1-3-25-10-7-18-14-12-11-20-23(15(12)22-17(21-14)27-2)8-6-19-16(24)13-5-4-9-26-13/h4-5,9,11H,3,6-8,10H2,1-2H3,(H,19,24)(H,18,21,22). The number of ether oxygens (including phenoxy) is 1. The lowest BCUT2D eigenvalue weighted by Gasteiger charge is -2.09. The molecule has 0 atom stereocenters. The monoisotopic (exact) mass is 390 g/mol. The van der Waals surface area contributed by atoms with E-state index in [1.54, 1.807) is 23.0 Å². The number of hydrogen-bond acceptors (Lipinski definition) is 8. The van der Waals surface area contributed by atoms with Crippen molar-refractivity contribution in [1.29, 1.82) is 0 Å². The van der Waals surface area contributed by atoms with Gasteiger partial charge in [0.1, 0.15) is 5.82 Å². The highest BCUT2D eigenvalue weighted by Crippen LogP contribution is 2.23. The van der Waals surface area contributed by atoms with Crippen molar-refractivity contribution in [3.8, 4) is 0 Å².